The van der Waals surface area contributed by atoms with Gasteiger partial charge in [-0.2, -0.15) is 0 Å². The van der Waals surface area contributed by atoms with Crippen LogP contribution in [-0.2, 0) is 14.3 Å². The molecule has 1 aliphatic heterocycles. The number of hydrogen-bond donors (Lipinski definition) is 1. The largest absolute Gasteiger partial charge is 0.479 e. The number of rotatable bonds is 4. The van der Waals surface area contributed by atoms with Crippen molar-refractivity contribution in [1.29, 1.82) is 0 Å². The minimum absolute atomic E-state index is 0.165. The van der Waals surface area contributed by atoms with Crippen molar-refractivity contribution < 1.29 is 24.2 Å². The van der Waals surface area contributed by atoms with Crippen LogP contribution in [0.15, 0.2) is 0 Å². The molecule has 0 saturated carbocycles. The summed E-state index contributed by atoms with van der Waals surface area (Å²) in [7, 11) is 0. The standard InChI is InChI=1S/C14H25NO5/c1-10(12(16)17)19-9-11-6-5-7-15(8-11)13(18)20-14(2,3)4/h10-11H,5-9H2,1-4H3,(H,16,17). The zero-order valence-electron chi connectivity index (χ0n) is 12.7. The fourth-order valence-electron chi connectivity index (χ4n) is 2.05. The van der Waals surface area contributed by atoms with Crippen molar-refractivity contribution in [3.63, 3.8) is 0 Å². The number of nitrogens with zero attached hydrogens (tertiary/aromatic N) is 1. The summed E-state index contributed by atoms with van der Waals surface area (Å²) >= 11 is 0. The maximum absolute atomic E-state index is 12.0. The summed E-state index contributed by atoms with van der Waals surface area (Å²) in [6.45, 7) is 8.61. The van der Waals surface area contributed by atoms with E-state index in [2.05, 4.69) is 0 Å². The summed E-state index contributed by atoms with van der Waals surface area (Å²) in [5, 5.41) is 8.77. The van der Waals surface area contributed by atoms with Gasteiger partial charge in [-0.25, -0.2) is 9.59 Å². The second-order valence-corrected chi connectivity index (χ2v) is 6.25. The Hall–Kier alpha value is -1.30. The van der Waals surface area contributed by atoms with E-state index in [9.17, 15) is 9.59 Å². The lowest BCUT2D eigenvalue weighted by Gasteiger charge is -2.34. The molecule has 1 rings (SSSR count). The molecule has 1 saturated heterocycles. The topological polar surface area (TPSA) is 76.1 Å². The minimum Gasteiger partial charge on any atom is -0.479 e. The molecule has 0 aromatic rings. The molecule has 6 nitrogen and oxygen atoms in total. The fourth-order valence-corrected chi connectivity index (χ4v) is 2.05. The normalized spacial score (nSPS) is 21.4. The summed E-state index contributed by atoms with van der Waals surface area (Å²) in [5.74, 6) is -0.803. The third-order valence-corrected chi connectivity index (χ3v) is 3.10. The monoisotopic (exact) mass is 287 g/mol. The molecule has 0 aromatic carbocycles. The molecule has 0 radical (unpaired) electrons. The number of ether oxygens (including phenoxy) is 2. The number of carboxylic acid groups (broad SMARTS) is 1. The van der Waals surface area contributed by atoms with Crippen LogP contribution in [0, 0.1) is 5.92 Å². The number of hydrogen-bond acceptors (Lipinski definition) is 4. The van der Waals surface area contributed by atoms with Crippen LogP contribution in [0.1, 0.15) is 40.5 Å². The van der Waals surface area contributed by atoms with Crippen LogP contribution in [0.25, 0.3) is 0 Å². The molecule has 2 unspecified atom stereocenters. The number of aliphatic carboxylic acids is 1. The minimum atomic E-state index is -0.968. The van der Waals surface area contributed by atoms with Gasteiger partial charge in [-0.3, -0.25) is 0 Å². The van der Waals surface area contributed by atoms with E-state index in [-0.39, 0.29) is 12.0 Å². The summed E-state index contributed by atoms with van der Waals surface area (Å²) in [6.07, 6.45) is 0.695. The van der Waals surface area contributed by atoms with Crippen molar-refractivity contribution in [3.8, 4) is 0 Å². The van der Waals surface area contributed by atoms with Gasteiger partial charge in [-0.15, -0.1) is 0 Å². The van der Waals surface area contributed by atoms with Crippen molar-refractivity contribution >= 4 is 12.1 Å². The molecule has 6 heteroatoms. The first-order valence-corrected chi connectivity index (χ1v) is 7.01. The Morgan fingerprint density at radius 2 is 2.05 bits per heavy atom. The van der Waals surface area contributed by atoms with E-state index in [0.717, 1.165) is 12.8 Å². The molecule has 0 aromatic heterocycles. The molecule has 1 N–H and O–H groups in total. The third kappa shape index (κ3) is 5.77. The molecule has 2 atom stereocenters. The summed E-state index contributed by atoms with van der Waals surface area (Å²) < 4.78 is 10.6. The molecule has 0 spiro atoms. The summed E-state index contributed by atoms with van der Waals surface area (Å²) in [5.41, 5.74) is -0.502. The van der Waals surface area contributed by atoms with Crippen LogP contribution in [0.2, 0.25) is 0 Å². The zero-order valence-corrected chi connectivity index (χ0v) is 12.7. The van der Waals surface area contributed by atoms with Gasteiger partial charge in [0.2, 0.25) is 0 Å². The molecule has 0 aliphatic carbocycles. The Labute approximate surface area is 120 Å². The van der Waals surface area contributed by atoms with E-state index in [1.165, 1.54) is 6.92 Å². The highest BCUT2D eigenvalue weighted by Crippen LogP contribution is 2.20. The summed E-state index contributed by atoms with van der Waals surface area (Å²) in [4.78, 5) is 24.3. The maximum atomic E-state index is 12.0. The lowest BCUT2D eigenvalue weighted by atomic mass is 9.99. The Bertz CT molecular complexity index is 350. The third-order valence-electron chi connectivity index (χ3n) is 3.10. The van der Waals surface area contributed by atoms with Crippen molar-refractivity contribution in [2.45, 2.75) is 52.2 Å². The average molecular weight is 287 g/mol. The quantitative estimate of drug-likeness (QED) is 0.857. The molecule has 20 heavy (non-hydrogen) atoms. The first-order valence-electron chi connectivity index (χ1n) is 7.01. The van der Waals surface area contributed by atoms with Crippen LogP contribution in [0.4, 0.5) is 4.79 Å². The smallest absolute Gasteiger partial charge is 0.410 e. The van der Waals surface area contributed by atoms with Gasteiger partial charge >= 0.3 is 12.1 Å². The molecular formula is C14H25NO5. The number of piperidine rings is 1. The SMILES string of the molecule is CC(OCC1CCCN(C(=O)OC(C)(C)C)C1)C(=O)O. The Kier molecular flexibility index (Phi) is 5.80. The van der Waals surface area contributed by atoms with Gasteiger partial charge in [-0.1, -0.05) is 0 Å². The molecule has 0 bridgehead atoms. The molecule has 1 heterocycles. The Balaban J connectivity index is 2.42. The van der Waals surface area contributed by atoms with Crippen LogP contribution in [-0.4, -0.2) is 53.5 Å². The molecule has 1 aliphatic rings. The number of carbonyl (C=O) groups excluding carboxylic acids is 1. The molecular weight excluding hydrogens is 262 g/mol. The first-order chi connectivity index (χ1) is 9.19. The van der Waals surface area contributed by atoms with Crippen LogP contribution in [0.5, 0.6) is 0 Å². The molecule has 1 fully saturated rings. The van der Waals surface area contributed by atoms with Crippen molar-refractivity contribution in [1.82, 2.24) is 4.90 Å². The second-order valence-electron chi connectivity index (χ2n) is 6.25. The van der Waals surface area contributed by atoms with E-state index in [1.807, 2.05) is 20.8 Å². The average Bonchev–Trinajstić information content (AvgIpc) is 2.34. The van der Waals surface area contributed by atoms with E-state index >= 15 is 0 Å². The Morgan fingerprint density at radius 3 is 2.60 bits per heavy atom. The highest BCUT2D eigenvalue weighted by atomic mass is 16.6. The van der Waals surface area contributed by atoms with Crippen LogP contribution in [0.3, 0.4) is 0 Å². The highest BCUT2D eigenvalue weighted by molar-refractivity contribution is 5.71. The van der Waals surface area contributed by atoms with Gasteiger partial charge in [0, 0.05) is 19.0 Å². The van der Waals surface area contributed by atoms with E-state index in [1.54, 1.807) is 4.90 Å². The number of carboxylic acids is 1. The van der Waals surface area contributed by atoms with Crippen molar-refractivity contribution in [2.75, 3.05) is 19.7 Å². The van der Waals surface area contributed by atoms with Gasteiger partial charge in [0.05, 0.1) is 6.61 Å². The number of amides is 1. The maximum Gasteiger partial charge on any atom is 0.410 e. The second kappa shape index (κ2) is 6.92. The van der Waals surface area contributed by atoms with Gasteiger partial charge in [-0.05, 0) is 40.5 Å². The Morgan fingerprint density at radius 1 is 1.40 bits per heavy atom. The van der Waals surface area contributed by atoms with Gasteiger partial charge < -0.3 is 19.5 Å². The van der Waals surface area contributed by atoms with Crippen LogP contribution >= 0.6 is 0 Å². The lowest BCUT2D eigenvalue weighted by molar-refractivity contribution is -0.150. The lowest BCUT2D eigenvalue weighted by Crippen LogP contribution is -2.44. The van der Waals surface area contributed by atoms with Gasteiger partial charge in [0.25, 0.3) is 0 Å². The van der Waals surface area contributed by atoms with Gasteiger partial charge in [0.1, 0.15) is 5.60 Å². The van der Waals surface area contributed by atoms with E-state index in [0.29, 0.717) is 19.7 Å². The predicted octanol–water partition coefficient (Wildman–Crippen LogP) is 2.12. The number of likely N-dealkylation sites (tertiary alicyclic amines) is 1. The van der Waals surface area contributed by atoms with Crippen LogP contribution < -0.4 is 0 Å². The van der Waals surface area contributed by atoms with E-state index in [4.69, 9.17) is 14.6 Å². The molecule has 116 valence electrons. The fraction of sp³-hybridized carbons (Fsp3) is 0.857. The summed E-state index contributed by atoms with van der Waals surface area (Å²) in [6, 6.07) is 0. The number of carbonyl (C=O) groups is 2. The van der Waals surface area contributed by atoms with Crippen molar-refractivity contribution in [2.24, 2.45) is 5.92 Å². The first kappa shape index (κ1) is 16.8. The van der Waals surface area contributed by atoms with Crippen molar-refractivity contribution in [3.05, 3.63) is 0 Å². The predicted molar refractivity (Wildman–Crippen MR) is 73.6 cm³/mol. The van der Waals surface area contributed by atoms with Gasteiger partial charge in [0.15, 0.2) is 6.10 Å². The zero-order chi connectivity index (χ0) is 15.3. The van der Waals surface area contributed by atoms with E-state index < -0.39 is 17.7 Å². The molecule has 1 amide bonds. The highest BCUT2D eigenvalue weighted by Gasteiger charge is 2.28.